The lowest BCUT2D eigenvalue weighted by molar-refractivity contribution is -0.176. The average molecular weight is 309 g/mol. The van der Waals surface area contributed by atoms with E-state index in [1.165, 1.54) is 30.3 Å². The molecular formula is C15H14F3N3O. The standard InChI is InChI=1S/C15H14F3N3O/c1-10-8-12(20-9-19-10)14(22)21(2)13(15(16,17)18)11-6-4-3-5-7-11/h3-9,13H,1-2H3. The van der Waals surface area contributed by atoms with Gasteiger partial charge in [-0.3, -0.25) is 4.79 Å². The van der Waals surface area contributed by atoms with Crippen molar-refractivity contribution >= 4 is 5.91 Å². The molecule has 0 aliphatic rings. The smallest absolute Gasteiger partial charge is 0.324 e. The Kier molecular flexibility index (Phi) is 4.44. The third-order valence-corrected chi connectivity index (χ3v) is 3.16. The highest BCUT2D eigenvalue weighted by Gasteiger charge is 2.45. The number of rotatable bonds is 3. The summed E-state index contributed by atoms with van der Waals surface area (Å²) in [6.07, 6.45) is -3.44. The minimum Gasteiger partial charge on any atom is -0.324 e. The number of hydrogen-bond acceptors (Lipinski definition) is 3. The van der Waals surface area contributed by atoms with Gasteiger partial charge in [0.1, 0.15) is 12.0 Å². The van der Waals surface area contributed by atoms with Gasteiger partial charge in [-0.15, -0.1) is 0 Å². The lowest BCUT2D eigenvalue weighted by Gasteiger charge is -2.30. The van der Waals surface area contributed by atoms with Gasteiger partial charge in [0, 0.05) is 12.7 Å². The molecule has 1 unspecified atom stereocenters. The summed E-state index contributed by atoms with van der Waals surface area (Å²) < 4.78 is 40.2. The molecule has 1 amide bonds. The Labute approximate surface area is 125 Å². The molecule has 1 heterocycles. The molecule has 2 aromatic rings. The summed E-state index contributed by atoms with van der Waals surface area (Å²) in [5.41, 5.74) is 0.437. The number of hydrogen-bond donors (Lipinski definition) is 0. The van der Waals surface area contributed by atoms with Gasteiger partial charge in [0.05, 0.1) is 0 Å². The first-order valence-electron chi connectivity index (χ1n) is 6.48. The highest BCUT2D eigenvalue weighted by Crippen LogP contribution is 2.37. The molecule has 4 nitrogen and oxygen atoms in total. The molecule has 0 aliphatic carbocycles. The van der Waals surface area contributed by atoms with Gasteiger partial charge < -0.3 is 4.90 Å². The van der Waals surface area contributed by atoms with E-state index in [-0.39, 0.29) is 11.3 Å². The van der Waals surface area contributed by atoms with Crippen molar-refractivity contribution in [3.05, 3.63) is 59.7 Å². The van der Waals surface area contributed by atoms with Gasteiger partial charge >= 0.3 is 6.18 Å². The Balaban J connectivity index is 2.38. The van der Waals surface area contributed by atoms with Crippen LogP contribution < -0.4 is 0 Å². The van der Waals surface area contributed by atoms with Crippen molar-refractivity contribution in [3.63, 3.8) is 0 Å². The van der Waals surface area contributed by atoms with E-state index in [0.717, 1.165) is 13.4 Å². The summed E-state index contributed by atoms with van der Waals surface area (Å²) in [7, 11) is 1.12. The zero-order valence-corrected chi connectivity index (χ0v) is 12.0. The predicted molar refractivity (Wildman–Crippen MR) is 74.1 cm³/mol. The number of halogens is 3. The van der Waals surface area contributed by atoms with E-state index in [0.29, 0.717) is 10.6 Å². The number of amides is 1. The maximum Gasteiger partial charge on any atom is 0.413 e. The zero-order valence-electron chi connectivity index (χ0n) is 12.0. The van der Waals surface area contributed by atoms with Crippen LogP contribution in [0.1, 0.15) is 27.8 Å². The lowest BCUT2D eigenvalue weighted by atomic mass is 10.0. The van der Waals surface area contributed by atoms with Crippen LogP contribution in [0.5, 0.6) is 0 Å². The first-order valence-corrected chi connectivity index (χ1v) is 6.48. The normalized spacial score (nSPS) is 12.8. The minimum atomic E-state index is -4.59. The summed E-state index contributed by atoms with van der Waals surface area (Å²) in [4.78, 5) is 20.5. The number of aromatic nitrogens is 2. The molecule has 0 saturated heterocycles. The van der Waals surface area contributed by atoms with Crippen molar-refractivity contribution in [2.45, 2.75) is 19.1 Å². The van der Waals surface area contributed by atoms with Crippen LogP contribution in [0.15, 0.2) is 42.7 Å². The molecule has 2 rings (SSSR count). The second kappa shape index (κ2) is 6.13. The van der Waals surface area contributed by atoms with E-state index in [1.807, 2.05) is 0 Å². The molecule has 0 fully saturated rings. The molecule has 1 aromatic carbocycles. The molecule has 0 saturated carbocycles. The number of nitrogens with zero attached hydrogens (tertiary/aromatic N) is 3. The molecule has 1 aromatic heterocycles. The van der Waals surface area contributed by atoms with Gasteiger partial charge in [-0.2, -0.15) is 13.2 Å². The van der Waals surface area contributed by atoms with Gasteiger partial charge in [-0.25, -0.2) is 9.97 Å². The second-order valence-corrected chi connectivity index (χ2v) is 4.82. The molecule has 7 heteroatoms. The van der Waals surface area contributed by atoms with Crippen LogP contribution >= 0.6 is 0 Å². The third-order valence-electron chi connectivity index (χ3n) is 3.16. The summed E-state index contributed by atoms with van der Waals surface area (Å²) in [5.74, 6) is -0.809. The quantitative estimate of drug-likeness (QED) is 0.875. The van der Waals surface area contributed by atoms with Crippen LogP contribution in [0.2, 0.25) is 0 Å². The van der Waals surface area contributed by atoms with Gasteiger partial charge in [0.2, 0.25) is 0 Å². The topological polar surface area (TPSA) is 46.1 Å². The minimum absolute atomic E-state index is 0.00312. The van der Waals surface area contributed by atoms with E-state index in [1.54, 1.807) is 13.0 Å². The van der Waals surface area contributed by atoms with Gasteiger partial charge in [0.15, 0.2) is 6.04 Å². The van der Waals surface area contributed by atoms with E-state index >= 15 is 0 Å². The van der Waals surface area contributed by atoms with Crippen LogP contribution in [0.4, 0.5) is 13.2 Å². The van der Waals surface area contributed by atoms with E-state index < -0.39 is 18.1 Å². The maximum atomic E-state index is 13.4. The van der Waals surface area contributed by atoms with E-state index in [4.69, 9.17) is 0 Å². The first-order chi connectivity index (χ1) is 10.3. The van der Waals surface area contributed by atoms with Crippen molar-refractivity contribution < 1.29 is 18.0 Å². The second-order valence-electron chi connectivity index (χ2n) is 4.82. The summed E-state index contributed by atoms with van der Waals surface area (Å²) in [6.45, 7) is 1.64. The molecule has 1 atom stereocenters. The number of benzene rings is 1. The predicted octanol–water partition coefficient (Wildman–Crippen LogP) is 3.16. The summed E-state index contributed by atoms with van der Waals surface area (Å²) in [6, 6.07) is 6.63. The highest BCUT2D eigenvalue weighted by molar-refractivity contribution is 5.92. The molecule has 116 valence electrons. The van der Waals surface area contributed by atoms with Crippen LogP contribution in [0.3, 0.4) is 0 Å². The fraction of sp³-hybridized carbons (Fsp3) is 0.267. The maximum absolute atomic E-state index is 13.4. The fourth-order valence-electron chi connectivity index (χ4n) is 2.14. The Morgan fingerprint density at radius 3 is 2.36 bits per heavy atom. The number of aryl methyl sites for hydroxylation is 1. The summed E-state index contributed by atoms with van der Waals surface area (Å²) >= 11 is 0. The number of carbonyl (C=O) groups excluding carboxylic acids is 1. The Morgan fingerprint density at radius 1 is 1.18 bits per heavy atom. The molecule has 0 radical (unpaired) electrons. The molecule has 22 heavy (non-hydrogen) atoms. The highest BCUT2D eigenvalue weighted by atomic mass is 19.4. The molecule has 0 spiro atoms. The van der Waals surface area contributed by atoms with Gasteiger partial charge in [-0.1, -0.05) is 30.3 Å². The van der Waals surface area contributed by atoms with Gasteiger partial charge in [-0.05, 0) is 18.6 Å². The average Bonchev–Trinajstić information content (AvgIpc) is 2.46. The molecule has 0 bridgehead atoms. The Hall–Kier alpha value is -2.44. The van der Waals surface area contributed by atoms with Crippen LogP contribution in [-0.4, -0.2) is 34.0 Å². The Bertz CT molecular complexity index is 659. The third kappa shape index (κ3) is 3.41. The van der Waals surface area contributed by atoms with E-state index in [9.17, 15) is 18.0 Å². The SMILES string of the molecule is Cc1cc(C(=O)N(C)C(c2ccccc2)C(F)(F)F)ncn1. The van der Waals surface area contributed by atoms with Crippen molar-refractivity contribution in [1.82, 2.24) is 14.9 Å². The lowest BCUT2D eigenvalue weighted by Crippen LogP contribution is -2.40. The Morgan fingerprint density at radius 2 is 1.82 bits per heavy atom. The van der Waals surface area contributed by atoms with Crippen molar-refractivity contribution in [3.8, 4) is 0 Å². The first kappa shape index (κ1) is 15.9. The summed E-state index contributed by atoms with van der Waals surface area (Å²) in [5, 5.41) is 0. The van der Waals surface area contributed by atoms with Gasteiger partial charge in [0.25, 0.3) is 5.91 Å². The number of alkyl halides is 3. The van der Waals surface area contributed by atoms with Crippen LogP contribution in [0, 0.1) is 6.92 Å². The molecule has 0 N–H and O–H groups in total. The number of carbonyl (C=O) groups is 1. The van der Waals surface area contributed by atoms with Crippen LogP contribution in [-0.2, 0) is 0 Å². The largest absolute Gasteiger partial charge is 0.413 e. The van der Waals surface area contributed by atoms with E-state index in [2.05, 4.69) is 9.97 Å². The zero-order chi connectivity index (χ0) is 16.3. The monoisotopic (exact) mass is 309 g/mol. The fourth-order valence-corrected chi connectivity index (χ4v) is 2.14. The van der Waals surface area contributed by atoms with Crippen molar-refractivity contribution in [2.24, 2.45) is 0 Å². The van der Waals surface area contributed by atoms with Crippen LogP contribution in [0.25, 0.3) is 0 Å². The molecular weight excluding hydrogens is 295 g/mol. The molecule has 0 aliphatic heterocycles. The van der Waals surface area contributed by atoms with Crippen molar-refractivity contribution in [2.75, 3.05) is 7.05 Å². The van der Waals surface area contributed by atoms with Crippen molar-refractivity contribution in [1.29, 1.82) is 0 Å².